The van der Waals surface area contributed by atoms with E-state index in [-0.39, 0.29) is 12.1 Å². The molecule has 2 aromatic heterocycles. The van der Waals surface area contributed by atoms with Crippen molar-refractivity contribution in [2.24, 2.45) is 0 Å². The molecule has 2 unspecified atom stereocenters. The Morgan fingerprint density at radius 2 is 0.904 bits per heavy atom. The number of hydrogen-bond acceptors (Lipinski definition) is 2. The molecule has 0 fully saturated rings. The molecule has 2 atom stereocenters. The number of aromatic nitrogens is 2. The number of hydrogen-bond donors (Lipinski definition) is 2. The summed E-state index contributed by atoms with van der Waals surface area (Å²) in [5, 5.41) is 15.3. The van der Waals surface area contributed by atoms with Crippen LogP contribution in [0.4, 0.5) is 11.4 Å². The van der Waals surface area contributed by atoms with E-state index in [9.17, 15) is 0 Å². The first-order valence-electron chi connectivity index (χ1n) is 18.0. The van der Waals surface area contributed by atoms with Crippen molar-refractivity contribution in [3.8, 4) is 11.4 Å². The summed E-state index contributed by atoms with van der Waals surface area (Å²) in [6.07, 6.45) is 0. The third kappa shape index (κ3) is 4.34. The Bertz CT molecular complexity index is 2960. The Morgan fingerprint density at radius 1 is 0.346 bits per heavy atom. The van der Waals surface area contributed by atoms with Gasteiger partial charge in [-0.05, 0) is 82.6 Å². The van der Waals surface area contributed by atoms with Crippen LogP contribution in [-0.4, -0.2) is 9.13 Å². The molecule has 0 amide bonds. The van der Waals surface area contributed by atoms with Crippen molar-refractivity contribution < 1.29 is 0 Å². The minimum absolute atomic E-state index is 0.0560. The van der Waals surface area contributed by atoms with E-state index in [1.807, 2.05) is 0 Å². The predicted octanol–water partition coefficient (Wildman–Crippen LogP) is 12.4. The van der Waals surface area contributed by atoms with Crippen LogP contribution in [0.15, 0.2) is 182 Å². The summed E-state index contributed by atoms with van der Waals surface area (Å²) in [4.78, 5) is 0. The Hall–Kier alpha value is -6.78. The molecular formula is C48H34N4. The second-order valence-electron chi connectivity index (χ2n) is 13.9. The number of benzene rings is 8. The highest BCUT2D eigenvalue weighted by Gasteiger charge is 2.30. The molecule has 10 aromatic rings. The summed E-state index contributed by atoms with van der Waals surface area (Å²) >= 11 is 0. The third-order valence-electron chi connectivity index (χ3n) is 11.0. The minimum Gasteiger partial charge on any atom is -0.374 e. The van der Waals surface area contributed by atoms with E-state index in [0.717, 1.165) is 22.7 Å². The largest absolute Gasteiger partial charge is 0.374 e. The Balaban J connectivity index is 1.12. The molecule has 1 aliphatic heterocycles. The minimum atomic E-state index is 0.0560. The first kappa shape index (κ1) is 29.0. The van der Waals surface area contributed by atoms with Gasteiger partial charge >= 0.3 is 0 Å². The molecule has 4 heteroatoms. The maximum Gasteiger partial charge on any atom is 0.0758 e. The van der Waals surface area contributed by atoms with E-state index < -0.39 is 0 Å². The van der Waals surface area contributed by atoms with E-state index in [1.165, 1.54) is 65.5 Å². The van der Waals surface area contributed by atoms with Gasteiger partial charge in [0.1, 0.15) is 0 Å². The molecule has 246 valence electrons. The molecular weight excluding hydrogens is 633 g/mol. The molecule has 0 spiro atoms. The summed E-state index contributed by atoms with van der Waals surface area (Å²) in [6, 6.07) is 66.3. The van der Waals surface area contributed by atoms with Gasteiger partial charge in [-0.2, -0.15) is 0 Å². The van der Waals surface area contributed by atoms with Crippen LogP contribution in [0, 0.1) is 0 Å². The highest BCUT2D eigenvalue weighted by Crippen LogP contribution is 2.44. The summed E-state index contributed by atoms with van der Waals surface area (Å²) in [5.41, 5.74) is 11.9. The normalized spacial score (nSPS) is 15.6. The van der Waals surface area contributed by atoms with Gasteiger partial charge in [0.05, 0.1) is 45.5 Å². The van der Waals surface area contributed by atoms with Crippen LogP contribution in [-0.2, 0) is 0 Å². The first-order valence-corrected chi connectivity index (χ1v) is 18.0. The lowest BCUT2D eigenvalue weighted by Gasteiger charge is -2.37. The van der Waals surface area contributed by atoms with Gasteiger partial charge in [0.2, 0.25) is 0 Å². The van der Waals surface area contributed by atoms with Crippen molar-refractivity contribution in [3.05, 3.63) is 193 Å². The van der Waals surface area contributed by atoms with Gasteiger partial charge in [0.25, 0.3) is 0 Å². The summed E-state index contributed by atoms with van der Waals surface area (Å²) < 4.78 is 4.88. The van der Waals surface area contributed by atoms with Crippen LogP contribution in [0.25, 0.3) is 65.8 Å². The molecule has 1 aliphatic rings. The van der Waals surface area contributed by atoms with E-state index in [0.29, 0.717) is 0 Å². The number of rotatable bonds is 4. The van der Waals surface area contributed by atoms with Crippen molar-refractivity contribution in [2.45, 2.75) is 12.1 Å². The lowest BCUT2D eigenvalue weighted by Crippen LogP contribution is -2.30. The van der Waals surface area contributed by atoms with Crippen molar-refractivity contribution in [2.75, 3.05) is 10.6 Å². The second-order valence-corrected chi connectivity index (χ2v) is 13.9. The lowest BCUT2D eigenvalue weighted by molar-refractivity contribution is 0.636. The highest BCUT2D eigenvalue weighted by atomic mass is 15.1. The quantitative estimate of drug-likeness (QED) is 0.196. The van der Waals surface area contributed by atoms with E-state index in [4.69, 9.17) is 0 Å². The van der Waals surface area contributed by atoms with Crippen LogP contribution >= 0.6 is 0 Å². The Morgan fingerprint density at radius 3 is 1.65 bits per heavy atom. The van der Waals surface area contributed by atoms with Crippen LogP contribution < -0.4 is 10.6 Å². The molecule has 11 rings (SSSR count). The van der Waals surface area contributed by atoms with E-state index in [2.05, 4.69) is 202 Å². The van der Waals surface area contributed by atoms with Gasteiger partial charge in [-0.3, -0.25) is 0 Å². The zero-order chi connectivity index (χ0) is 34.2. The number of fused-ring (bicyclic) bond motifs is 9. The molecule has 8 aromatic carbocycles. The molecule has 0 saturated heterocycles. The standard InChI is InChI=1S/C48H34N4/c1-3-14-32(15-4-1)47-48(50-41-21-11-10-20-40(41)49-47)33-23-26-35(27-24-33)51-42-22-12-9-19-37(42)38-29-39-45(30-44(38)51)52(34-16-5-2-6-17-34)43-28-25-31-13-7-8-18-36(31)46(39)43/h1-30,47-50H. The van der Waals surface area contributed by atoms with Crippen molar-refractivity contribution in [1.82, 2.24) is 9.13 Å². The third-order valence-corrected chi connectivity index (χ3v) is 11.0. The fourth-order valence-corrected chi connectivity index (χ4v) is 8.66. The van der Waals surface area contributed by atoms with Gasteiger partial charge in [-0.1, -0.05) is 121 Å². The second kappa shape index (κ2) is 11.4. The number of anilines is 2. The maximum absolute atomic E-state index is 3.87. The van der Waals surface area contributed by atoms with Crippen molar-refractivity contribution in [1.29, 1.82) is 0 Å². The Kier molecular flexibility index (Phi) is 6.34. The van der Waals surface area contributed by atoms with Gasteiger partial charge < -0.3 is 19.8 Å². The maximum atomic E-state index is 3.87. The Labute approximate surface area is 301 Å². The number of nitrogens with one attached hydrogen (secondary N) is 2. The molecule has 0 saturated carbocycles. The van der Waals surface area contributed by atoms with Crippen LogP contribution in [0.2, 0.25) is 0 Å². The SMILES string of the molecule is c1ccc(C2Nc3ccccc3NC2c2ccc(-n3c4ccccc4c4cc5c6c7ccccc7ccc6n(-c6ccccc6)c5cc43)cc2)cc1. The molecule has 3 heterocycles. The zero-order valence-electron chi connectivity index (χ0n) is 28.4. The molecule has 2 N–H and O–H groups in total. The van der Waals surface area contributed by atoms with Crippen LogP contribution in [0.5, 0.6) is 0 Å². The highest BCUT2D eigenvalue weighted by molar-refractivity contribution is 6.25. The molecule has 0 aliphatic carbocycles. The van der Waals surface area contributed by atoms with Gasteiger partial charge in [-0.15, -0.1) is 0 Å². The summed E-state index contributed by atoms with van der Waals surface area (Å²) in [5.74, 6) is 0. The van der Waals surface area contributed by atoms with Gasteiger partial charge in [-0.25, -0.2) is 0 Å². The zero-order valence-corrected chi connectivity index (χ0v) is 28.4. The average molecular weight is 667 g/mol. The van der Waals surface area contributed by atoms with Gasteiger partial charge in [0.15, 0.2) is 0 Å². The fourth-order valence-electron chi connectivity index (χ4n) is 8.66. The monoisotopic (exact) mass is 666 g/mol. The topological polar surface area (TPSA) is 33.9 Å². The average Bonchev–Trinajstić information content (AvgIpc) is 3.72. The van der Waals surface area contributed by atoms with Gasteiger partial charge in [0, 0.05) is 32.9 Å². The summed E-state index contributed by atoms with van der Waals surface area (Å²) in [6.45, 7) is 0. The van der Waals surface area contributed by atoms with Crippen molar-refractivity contribution >= 4 is 65.8 Å². The van der Waals surface area contributed by atoms with Crippen molar-refractivity contribution in [3.63, 3.8) is 0 Å². The number of nitrogens with zero attached hydrogens (tertiary/aromatic N) is 2. The predicted molar refractivity (Wildman–Crippen MR) is 218 cm³/mol. The number of para-hydroxylation sites is 4. The van der Waals surface area contributed by atoms with E-state index in [1.54, 1.807) is 0 Å². The molecule has 0 radical (unpaired) electrons. The molecule has 52 heavy (non-hydrogen) atoms. The van der Waals surface area contributed by atoms with Crippen LogP contribution in [0.1, 0.15) is 23.2 Å². The summed E-state index contributed by atoms with van der Waals surface area (Å²) in [7, 11) is 0. The first-order chi connectivity index (χ1) is 25.8. The smallest absolute Gasteiger partial charge is 0.0758 e. The lowest BCUT2D eigenvalue weighted by atomic mass is 9.90. The molecule has 4 nitrogen and oxygen atoms in total. The van der Waals surface area contributed by atoms with Crippen LogP contribution in [0.3, 0.4) is 0 Å². The fraction of sp³-hybridized carbons (Fsp3) is 0.0417. The van der Waals surface area contributed by atoms with E-state index >= 15 is 0 Å². The molecule has 0 bridgehead atoms.